The predicted molar refractivity (Wildman–Crippen MR) is 108 cm³/mol. The van der Waals surface area contributed by atoms with Gasteiger partial charge in [0.25, 0.3) is 0 Å². The average Bonchev–Trinajstić information content (AvgIpc) is 2.99. The number of likely N-dealkylation sites (N-methyl/N-ethyl adjacent to an activating group) is 1. The summed E-state index contributed by atoms with van der Waals surface area (Å²) in [6, 6.07) is 16.7. The number of hydrogen-bond acceptors (Lipinski definition) is 2. The van der Waals surface area contributed by atoms with Crippen molar-refractivity contribution in [2.75, 3.05) is 13.6 Å². The lowest BCUT2D eigenvalue weighted by Crippen LogP contribution is -2.16. The molecule has 1 amide bonds. The molecule has 1 heterocycles. The molecule has 0 saturated carbocycles. The van der Waals surface area contributed by atoms with E-state index in [0.29, 0.717) is 0 Å². The van der Waals surface area contributed by atoms with Gasteiger partial charge >= 0.3 is 0 Å². The molecule has 0 aliphatic heterocycles. The van der Waals surface area contributed by atoms with E-state index in [4.69, 9.17) is 0 Å². The molecule has 0 atom stereocenters. The summed E-state index contributed by atoms with van der Waals surface area (Å²) < 4.78 is 0. The van der Waals surface area contributed by atoms with Crippen molar-refractivity contribution in [3.63, 3.8) is 0 Å². The van der Waals surface area contributed by atoms with Gasteiger partial charge in [-0.25, -0.2) is 0 Å². The van der Waals surface area contributed by atoms with Gasteiger partial charge in [-0.3, -0.25) is 4.79 Å². The second-order valence-electron chi connectivity index (χ2n) is 6.39. The molecule has 0 aliphatic carbocycles. The van der Waals surface area contributed by atoms with E-state index in [9.17, 15) is 4.79 Å². The molecule has 3 N–H and O–H groups in total. The number of benzene rings is 2. The molecule has 0 bridgehead atoms. The van der Waals surface area contributed by atoms with Gasteiger partial charge in [-0.15, -0.1) is 0 Å². The first-order valence-corrected chi connectivity index (χ1v) is 8.93. The third-order valence-electron chi connectivity index (χ3n) is 4.56. The van der Waals surface area contributed by atoms with Crippen LogP contribution < -0.4 is 10.6 Å². The number of fused-ring (bicyclic) bond motifs is 1. The molecule has 3 rings (SSSR count). The van der Waals surface area contributed by atoms with E-state index in [1.807, 2.05) is 18.2 Å². The average molecular weight is 347 g/mol. The van der Waals surface area contributed by atoms with E-state index < -0.39 is 0 Å². The van der Waals surface area contributed by atoms with Crippen molar-refractivity contribution in [1.29, 1.82) is 0 Å². The van der Waals surface area contributed by atoms with Gasteiger partial charge in [-0.05, 0) is 48.7 Å². The number of para-hydroxylation sites is 1. The summed E-state index contributed by atoms with van der Waals surface area (Å²) in [5.74, 6) is -0.0942. The van der Waals surface area contributed by atoms with Crippen LogP contribution in [-0.4, -0.2) is 24.5 Å². The Hall–Kier alpha value is -2.85. The Balaban J connectivity index is 1.51. The second kappa shape index (κ2) is 8.50. The molecule has 0 aliphatic rings. The summed E-state index contributed by atoms with van der Waals surface area (Å²) in [5, 5.41) is 7.40. The van der Waals surface area contributed by atoms with Crippen molar-refractivity contribution in [2.45, 2.75) is 19.9 Å². The monoisotopic (exact) mass is 347 g/mol. The maximum Gasteiger partial charge on any atom is 0.243 e. The maximum atomic E-state index is 11.2. The van der Waals surface area contributed by atoms with Gasteiger partial charge in [0.15, 0.2) is 0 Å². The van der Waals surface area contributed by atoms with Crippen LogP contribution in [-0.2, 0) is 17.8 Å². The van der Waals surface area contributed by atoms with Crippen molar-refractivity contribution in [3.05, 3.63) is 77.0 Å². The van der Waals surface area contributed by atoms with Gasteiger partial charge in [0.05, 0.1) is 0 Å². The van der Waals surface area contributed by atoms with Crippen molar-refractivity contribution < 1.29 is 4.79 Å². The fourth-order valence-corrected chi connectivity index (χ4v) is 3.10. The molecule has 3 aromatic rings. The third kappa shape index (κ3) is 4.41. The van der Waals surface area contributed by atoms with Gasteiger partial charge in [0.1, 0.15) is 0 Å². The lowest BCUT2D eigenvalue weighted by Gasteiger charge is -2.06. The molecule has 4 heteroatoms. The van der Waals surface area contributed by atoms with E-state index in [1.54, 1.807) is 7.05 Å². The topological polar surface area (TPSA) is 56.9 Å². The summed E-state index contributed by atoms with van der Waals surface area (Å²) in [4.78, 5) is 14.7. The molecule has 0 spiro atoms. The number of aryl methyl sites for hydroxylation is 1. The van der Waals surface area contributed by atoms with Crippen LogP contribution in [0.3, 0.4) is 0 Å². The van der Waals surface area contributed by atoms with Crippen molar-refractivity contribution in [3.8, 4) is 0 Å². The first kappa shape index (κ1) is 18.0. The molecule has 0 fully saturated rings. The Morgan fingerprint density at radius 2 is 1.88 bits per heavy atom. The summed E-state index contributed by atoms with van der Waals surface area (Å²) >= 11 is 0. The quantitative estimate of drug-likeness (QED) is 0.452. The molecule has 134 valence electrons. The largest absolute Gasteiger partial charge is 0.358 e. The van der Waals surface area contributed by atoms with Gasteiger partial charge in [-0.2, -0.15) is 0 Å². The fourth-order valence-electron chi connectivity index (χ4n) is 3.10. The van der Waals surface area contributed by atoms with Gasteiger partial charge < -0.3 is 15.6 Å². The number of carbonyl (C=O) groups is 1. The minimum atomic E-state index is -0.0942. The van der Waals surface area contributed by atoms with E-state index in [-0.39, 0.29) is 5.91 Å². The number of H-pyrrole nitrogens is 1. The zero-order chi connectivity index (χ0) is 18.4. The van der Waals surface area contributed by atoms with Crippen molar-refractivity contribution in [1.82, 2.24) is 15.6 Å². The number of aromatic amines is 1. The van der Waals surface area contributed by atoms with Crippen molar-refractivity contribution in [2.24, 2.45) is 0 Å². The highest BCUT2D eigenvalue weighted by molar-refractivity contribution is 5.91. The van der Waals surface area contributed by atoms with Gasteiger partial charge in [0, 0.05) is 36.3 Å². The highest BCUT2D eigenvalue weighted by Gasteiger charge is 2.07. The molecule has 26 heavy (non-hydrogen) atoms. The number of amides is 1. The van der Waals surface area contributed by atoms with Crippen LogP contribution in [0.25, 0.3) is 17.0 Å². The molecule has 2 aromatic carbocycles. The number of rotatable bonds is 7. The zero-order valence-corrected chi connectivity index (χ0v) is 15.3. The van der Waals surface area contributed by atoms with Crippen LogP contribution in [0, 0.1) is 6.92 Å². The van der Waals surface area contributed by atoms with Crippen LogP contribution in [0.2, 0.25) is 0 Å². The second-order valence-corrected chi connectivity index (χ2v) is 6.39. The molecule has 0 saturated heterocycles. The van der Waals surface area contributed by atoms with Gasteiger partial charge in [0.2, 0.25) is 5.91 Å². The molecule has 0 unspecified atom stereocenters. The first-order valence-electron chi connectivity index (χ1n) is 8.93. The van der Waals surface area contributed by atoms with Crippen LogP contribution in [0.1, 0.15) is 22.4 Å². The summed E-state index contributed by atoms with van der Waals surface area (Å²) in [6.45, 7) is 3.90. The highest BCUT2D eigenvalue weighted by atomic mass is 16.1. The van der Waals surface area contributed by atoms with Crippen LogP contribution in [0.15, 0.2) is 54.6 Å². The van der Waals surface area contributed by atoms with Gasteiger partial charge in [-0.1, -0.05) is 42.5 Å². The zero-order valence-electron chi connectivity index (χ0n) is 15.3. The third-order valence-corrected chi connectivity index (χ3v) is 4.56. The SMILES string of the molecule is CNC(=O)/C=C/c1ccc(CNCCc2c(C)[nH]c3ccccc23)cc1. The Labute approximate surface area is 154 Å². The molecule has 0 radical (unpaired) electrons. The minimum absolute atomic E-state index is 0.0942. The fraction of sp³-hybridized carbons (Fsp3) is 0.227. The van der Waals surface area contributed by atoms with E-state index in [2.05, 4.69) is 58.9 Å². The van der Waals surface area contributed by atoms with Crippen LogP contribution in [0.5, 0.6) is 0 Å². The predicted octanol–water partition coefficient (Wildman–Crippen LogP) is 3.57. The lowest BCUT2D eigenvalue weighted by atomic mass is 10.1. The van der Waals surface area contributed by atoms with E-state index in [0.717, 1.165) is 25.1 Å². The number of hydrogen-bond donors (Lipinski definition) is 3. The molecular weight excluding hydrogens is 322 g/mol. The molecular formula is C22H25N3O. The lowest BCUT2D eigenvalue weighted by molar-refractivity contribution is -0.115. The Kier molecular flexibility index (Phi) is 5.87. The Morgan fingerprint density at radius 3 is 2.65 bits per heavy atom. The molecule has 4 nitrogen and oxygen atoms in total. The summed E-state index contributed by atoms with van der Waals surface area (Å²) in [6.07, 6.45) is 4.36. The number of carbonyl (C=O) groups excluding carboxylic acids is 1. The minimum Gasteiger partial charge on any atom is -0.358 e. The molecule has 1 aromatic heterocycles. The van der Waals surface area contributed by atoms with Crippen LogP contribution in [0.4, 0.5) is 0 Å². The standard InChI is InChI=1S/C22H25N3O/c1-16-19(20-5-3-4-6-21(20)25-16)13-14-24-15-18-9-7-17(8-10-18)11-12-22(26)23-2/h3-12,24-25H,13-15H2,1-2H3,(H,23,26)/b12-11+. The van der Waals surface area contributed by atoms with E-state index in [1.165, 1.54) is 33.8 Å². The van der Waals surface area contributed by atoms with Crippen LogP contribution >= 0.6 is 0 Å². The first-order chi connectivity index (χ1) is 12.7. The summed E-state index contributed by atoms with van der Waals surface area (Å²) in [7, 11) is 1.62. The number of aromatic nitrogens is 1. The Bertz CT molecular complexity index is 907. The van der Waals surface area contributed by atoms with E-state index >= 15 is 0 Å². The highest BCUT2D eigenvalue weighted by Crippen LogP contribution is 2.21. The number of nitrogens with one attached hydrogen (secondary N) is 3. The maximum absolute atomic E-state index is 11.2. The Morgan fingerprint density at radius 1 is 1.12 bits per heavy atom. The summed E-state index contributed by atoms with van der Waals surface area (Å²) in [5.41, 5.74) is 6.10. The van der Waals surface area contributed by atoms with Crippen molar-refractivity contribution >= 4 is 22.9 Å². The normalized spacial score (nSPS) is 11.3. The smallest absolute Gasteiger partial charge is 0.243 e.